The molecular formula is C18H21NO. The van der Waals surface area contributed by atoms with Crippen LogP contribution in [0.25, 0.3) is 11.1 Å². The van der Waals surface area contributed by atoms with Crippen molar-refractivity contribution >= 4 is 5.91 Å². The molecule has 1 amide bonds. The Morgan fingerprint density at radius 2 is 1.60 bits per heavy atom. The van der Waals surface area contributed by atoms with Crippen LogP contribution in [0.1, 0.15) is 31.7 Å². The van der Waals surface area contributed by atoms with Crippen LogP contribution in [0.2, 0.25) is 0 Å². The van der Waals surface area contributed by atoms with Crippen molar-refractivity contribution in [3.63, 3.8) is 0 Å². The van der Waals surface area contributed by atoms with Gasteiger partial charge in [-0.2, -0.15) is 0 Å². The van der Waals surface area contributed by atoms with Gasteiger partial charge in [0, 0.05) is 13.5 Å². The van der Waals surface area contributed by atoms with Gasteiger partial charge in [0.1, 0.15) is 0 Å². The SMILES string of the molecule is CC(=O)NCCC(C)c1ccc(-c2ccccc2)cc1. The third kappa shape index (κ3) is 3.95. The highest BCUT2D eigenvalue weighted by Crippen LogP contribution is 2.23. The van der Waals surface area contributed by atoms with Gasteiger partial charge < -0.3 is 5.32 Å². The molecular weight excluding hydrogens is 246 g/mol. The van der Waals surface area contributed by atoms with Gasteiger partial charge in [0.05, 0.1) is 0 Å². The van der Waals surface area contributed by atoms with Crippen LogP contribution in [0, 0.1) is 0 Å². The molecule has 0 aliphatic carbocycles. The Kier molecular flexibility index (Phi) is 4.94. The van der Waals surface area contributed by atoms with E-state index in [-0.39, 0.29) is 5.91 Å². The van der Waals surface area contributed by atoms with Crippen molar-refractivity contribution in [2.75, 3.05) is 6.54 Å². The topological polar surface area (TPSA) is 29.1 Å². The smallest absolute Gasteiger partial charge is 0.216 e. The maximum Gasteiger partial charge on any atom is 0.216 e. The molecule has 1 unspecified atom stereocenters. The average molecular weight is 267 g/mol. The van der Waals surface area contributed by atoms with Gasteiger partial charge in [0.15, 0.2) is 0 Å². The van der Waals surface area contributed by atoms with E-state index in [0.29, 0.717) is 5.92 Å². The molecule has 0 fully saturated rings. The van der Waals surface area contributed by atoms with Crippen LogP contribution < -0.4 is 5.32 Å². The third-order valence-electron chi connectivity index (χ3n) is 3.54. The first kappa shape index (κ1) is 14.3. The highest BCUT2D eigenvalue weighted by Gasteiger charge is 2.06. The minimum Gasteiger partial charge on any atom is -0.356 e. The van der Waals surface area contributed by atoms with Crippen LogP contribution in [0.15, 0.2) is 54.6 Å². The summed E-state index contributed by atoms with van der Waals surface area (Å²) in [4.78, 5) is 10.9. The highest BCUT2D eigenvalue weighted by molar-refractivity contribution is 5.72. The minimum atomic E-state index is 0.0385. The summed E-state index contributed by atoms with van der Waals surface area (Å²) in [5.74, 6) is 0.489. The molecule has 0 saturated heterocycles. The predicted molar refractivity (Wildman–Crippen MR) is 83.6 cm³/mol. The highest BCUT2D eigenvalue weighted by atomic mass is 16.1. The van der Waals surface area contributed by atoms with Crippen LogP contribution in [0.5, 0.6) is 0 Å². The molecule has 2 rings (SSSR count). The first-order valence-electron chi connectivity index (χ1n) is 7.06. The second-order valence-electron chi connectivity index (χ2n) is 5.16. The molecule has 0 aliphatic rings. The van der Waals surface area contributed by atoms with Crippen LogP contribution in [-0.2, 0) is 4.79 Å². The van der Waals surface area contributed by atoms with Crippen molar-refractivity contribution in [2.24, 2.45) is 0 Å². The molecule has 0 spiro atoms. The molecule has 0 aliphatic heterocycles. The maximum atomic E-state index is 10.9. The number of benzene rings is 2. The summed E-state index contributed by atoms with van der Waals surface area (Å²) >= 11 is 0. The van der Waals surface area contributed by atoms with E-state index in [1.807, 2.05) is 6.07 Å². The second-order valence-corrected chi connectivity index (χ2v) is 5.16. The zero-order valence-corrected chi connectivity index (χ0v) is 12.1. The van der Waals surface area contributed by atoms with Crippen LogP contribution in [0.3, 0.4) is 0 Å². The summed E-state index contributed by atoms with van der Waals surface area (Å²) in [6.07, 6.45) is 0.963. The van der Waals surface area contributed by atoms with Crippen LogP contribution >= 0.6 is 0 Å². The van der Waals surface area contributed by atoms with Gasteiger partial charge in [-0.3, -0.25) is 4.79 Å². The fraction of sp³-hybridized carbons (Fsp3) is 0.278. The van der Waals surface area contributed by atoms with Crippen molar-refractivity contribution in [1.29, 1.82) is 0 Å². The number of nitrogens with one attached hydrogen (secondary N) is 1. The first-order valence-corrected chi connectivity index (χ1v) is 7.06. The molecule has 2 heteroatoms. The average Bonchev–Trinajstić information content (AvgIpc) is 2.48. The van der Waals surface area contributed by atoms with E-state index in [1.165, 1.54) is 16.7 Å². The lowest BCUT2D eigenvalue weighted by atomic mass is 9.95. The molecule has 0 bridgehead atoms. The molecule has 1 N–H and O–H groups in total. The van der Waals surface area contributed by atoms with Crippen molar-refractivity contribution in [1.82, 2.24) is 5.32 Å². The fourth-order valence-electron chi connectivity index (χ4n) is 2.27. The minimum absolute atomic E-state index is 0.0385. The third-order valence-corrected chi connectivity index (χ3v) is 3.54. The van der Waals surface area contributed by atoms with Crippen molar-refractivity contribution < 1.29 is 4.79 Å². The molecule has 0 saturated carbocycles. The predicted octanol–water partition coefficient (Wildman–Crippen LogP) is 3.98. The molecule has 1 atom stereocenters. The molecule has 2 nitrogen and oxygen atoms in total. The van der Waals surface area contributed by atoms with Crippen molar-refractivity contribution in [3.8, 4) is 11.1 Å². The number of hydrogen-bond donors (Lipinski definition) is 1. The van der Waals surface area contributed by atoms with Crippen LogP contribution in [-0.4, -0.2) is 12.5 Å². The summed E-state index contributed by atoms with van der Waals surface area (Å²) in [6.45, 7) is 4.48. The summed E-state index contributed by atoms with van der Waals surface area (Å²) in [7, 11) is 0. The molecule has 0 aromatic heterocycles. The number of amides is 1. The summed E-state index contributed by atoms with van der Waals surface area (Å²) < 4.78 is 0. The Bertz CT molecular complexity index is 545. The zero-order valence-electron chi connectivity index (χ0n) is 12.1. The van der Waals surface area contributed by atoms with Gasteiger partial charge in [-0.25, -0.2) is 0 Å². The van der Waals surface area contributed by atoms with Gasteiger partial charge in [-0.05, 0) is 29.0 Å². The lowest BCUT2D eigenvalue weighted by molar-refractivity contribution is -0.118. The molecule has 2 aromatic rings. The van der Waals surface area contributed by atoms with E-state index in [9.17, 15) is 4.79 Å². The maximum absolute atomic E-state index is 10.9. The van der Waals surface area contributed by atoms with Gasteiger partial charge in [-0.15, -0.1) is 0 Å². The Morgan fingerprint density at radius 1 is 1.00 bits per heavy atom. The van der Waals surface area contributed by atoms with Crippen LogP contribution in [0.4, 0.5) is 0 Å². The molecule has 20 heavy (non-hydrogen) atoms. The molecule has 0 radical (unpaired) electrons. The molecule has 104 valence electrons. The lowest BCUT2D eigenvalue weighted by Gasteiger charge is -2.13. The lowest BCUT2D eigenvalue weighted by Crippen LogP contribution is -2.22. The van der Waals surface area contributed by atoms with E-state index in [1.54, 1.807) is 6.92 Å². The normalized spacial score (nSPS) is 11.9. The Balaban J connectivity index is 1.99. The van der Waals surface area contributed by atoms with Crippen molar-refractivity contribution in [2.45, 2.75) is 26.2 Å². The number of carbonyl (C=O) groups is 1. The van der Waals surface area contributed by atoms with Crippen molar-refractivity contribution in [3.05, 3.63) is 60.2 Å². The van der Waals surface area contributed by atoms with E-state index < -0.39 is 0 Å². The summed E-state index contributed by atoms with van der Waals surface area (Å²) in [5.41, 5.74) is 3.79. The van der Waals surface area contributed by atoms with Gasteiger partial charge in [-0.1, -0.05) is 61.5 Å². The largest absolute Gasteiger partial charge is 0.356 e. The number of rotatable bonds is 5. The van der Waals surface area contributed by atoms with E-state index in [2.05, 4.69) is 60.8 Å². The standard InChI is InChI=1S/C18H21NO/c1-14(12-13-19-15(2)20)16-8-10-18(11-9-16)17-6-4-3-5-7-17/h3-11,14H,12-13H2,1-2H3,(H,19,20). The fourth-order valence-corrected chi connectivity index (χ4v) is 2.27. The Labute approximate surface area is 120 Å². The second kappa shape index (κ2) is 6.90. The molecule has 0 heterocycles. The Hall–Kier alpha value is -2.09. The van der Waals surface area contributed by atoms with Gasteiger partial charge in [0.2, 0.25) is 5.91 Å². The summed E-state index contributed by atoms with van der Waals surface area (Å²) in [6, 6.07) is 19.1. The van der Waals surface area contributed by atoms with E-state index in [4.69, 9.17) is 0 Å². The molecule has 2 aromatic carbocycles. The monoisotopic (exact) mass is 267 g/mol. The van der Waals surface area contributed by atoms with E-state index in [0.717, 1.165) is 13.0 Å². The number of carbonyl (C=O) groups excluding carboxylic acids is 1. The van der Waals surface area contributed by atoms with Gasteiger partial charge in [0.25, 0.3) is 0 Å². The van der Waals surface area contributed by atoms with Gasteiger partial charge >= 0.3 is 0 Å². The summed E-state index contributed by atoms with van der Waals surface area (Å²) in [5, 5.41) is 2.84. The Morgan fingerprint density at radius 3 is 2.20 bits per heavy atom. The quantitative estimate of drug-likeness (QED) is 0.872. The first-order chi connectivity index (χ1) is 9.66. The van der Waals surface area contributed by atoms with E-state index >= 15 is 0 Å². The zero-order chi connectivity index (χ0) is 14.4. The number of hydrogen-bond acceptors (Lipinski definition) is 1.